The first kappa shape index (κ1) is 19.8. The van der Waals surface area contributed by atoms with Crippen molar-refractivity contribution in [3.63, 3.8) is 0 Å². The van der Waals surface area contributed by atoms with Crippen molar-refractivity contribution < 1.29 is 19.3 Å². The zero-order valence-electron chi connectivity index (χ0n) is 16.8. The van der Waals surface area contributed by atoms with E-state index >= 15 is 0 Å². The largest absolute Gasteiger partial charge is 0.512 e. The summed E-state index contributed by atoms with van der Waals surface area (Å²) in [5.41, 5.74) is 1.38. The van der Waals surface area contributed by atoms with Gasteiger partial charge in [-0.3, -0.25) is 9.59 Å². The molecule has 1 unspecified atom stereocenters. The predicted molar refractivity (Wildman–Crippen MR) is 108 cm³/mol. The Hall–Kier alpha value is -2.95. The van der Waals surface area contributed by atoms with E-state index < -0.39 is 6.04 Å². The Bertz CT molecular complexity index is 913. The van der Waals surface area contributed by atoms with E-state index in [1.165, 1.54) is 0 Å². The van der Waals surface area contributed by atoms with E-state index in [2.05, 4.69) is 0 Å². The maximum Gasteiger partial charge on any atom is 0.252 e. The Morgan fingerprint density at radius 2 is 1.68 bits per heavy atom. The van der Waals surface area contributed by atoms with E-state index in [1.807, 2.05) is 51.0 Å². The minimum atomic E-state index is -0.887. The molecule has 28 heavy (non-hydrogen) atoms. The van der Waals surface area contributed by atoms with Crippen LogP contribution in [0.2, 0.25) is 0 Å². The molecule has 0 amide bonds. The van der Waals surface area contributed by atoms with Crippen molar-refractivity contribution in [2.75, 3.05) is 19.0 Å². The van der Waals surface area contributed by atoms with E-state index in [4.69, 9.17) is 0 Å². The van der Waals surface area contributed by atoms with Gasteiger partial charge < -0.3 is 10.0 Å². The van der Waals surface area contributed by atoms with Crippen molar-refractivity contribution in [2.24, 2.45) is 5.41 Å². The highest BCUT2D eigenvalue weighted by atomic mass is 16.3. The first-order valence-electron chi connectivity index (χ1n) is 9.42. The molecule has 3 rings (SSSR count). The van der Waals surface area contributed by atoms with Crippen LogP contribution in [0.4, 0.5) is 5.69 Å². The van der Waals surface area contributed by atoms with Gasteiger partial charge in [0.15, 0.2) is 18.2 Å². The molecule has 1 aliphatic carbocycles. The molecule has 0 fully saturated rings. The van der Waals surface area contributed by atoms with Crippen molar-refractivity contribution in [3.05, 3.63) is 71.8 Å². The smallest absolute Gasteiger partial charge is 0.252 e. The number of carbonyl (C=O) groups excluding carboxylic acids is 2. The monoisotopic (exact) mass is 379 g/mol. The molecular formula is C23H27N2O3+. The number of hydrogen-bond acceptors (Lipinski definition) is 4. The minimum absolute atomic E-state index is 0.0136. The van der Waals surface area contributed by atoms with E-state index in [0.717, 1.165) is 5.69 Å². The summed E-state index contributed by atoms with van der Waals surface area (Å²) in [5.74, 6) is -0.371. The van der Waals surface area contributed by atoms with Crippen LogP contribution in [-0.2, 0) is 4.79 Å². The fourth-order valence-electron chi connectivity index (χ4n) is 3.69. The lowest BCUT2D eigenvalue weighted by molar-refractivity contribution is -0.699. The number of pyridine rings is 1. The molecule has 2 aromatic rings. The molecular weight excluding hydrogens is 352 g/mol. The number of rotatable bonds is 5. The van der Waals surface area contributed by atoms with E-state index in [1.54, 1.807) is 41.2 Å². The van der Waals surface area contributed by atoms with Gasteiger partial charge in [-0.1, -0.05) is 44.2 Å². The fraction of sp³-hybridized carbons (Fsp3) is 0.348. The highest BCUT2D eigenvalue weighted by molar-refractivity contribution is 6.08. The van der Waals surface area contributed by atoms with Gasteiger partial charge in [-0.05, 0) is 5.41 Å². The summed E-state index contributed by atoms with van der Waals surface area (Å²) in [7, 11) is 3.88. The van der Waals surface area contributed by atoms with Crippen LogP contribution in [0.15, 0.2) is 66.2 Å². The molecule has 1 atom stereocenters. The van der Waals surface area contributed by atoms with Crippen LogP contribution in [0.1, 0.15) is 43.1 Å². The summed E-state index contributed by atoms with van der Waals surface area (Å²) in [5, 5.41) is 10.7. The molecule has 5 heteroatoms. The van der Waals surface area contributed by atoms with Crippen LogP contribution in [0.25, 0.3) is 0 Å². The maximum atomic E-state index is 13.4. The number of carbonyl (C=O) groups is 2. The first-order valence-corrected chi connectivity index (χ1v) is 9.42. The minimum Gasteiger partial charge on any atom is -0.512 e. The number of anilines is 1. The third-order valence-corrected chi connectivity index (χ3v) is 5.13. The normalized spacial score (nSPS) is 17.4. The Labute approximate surface area is 165 Å². The lowest BCUT2D eigenvalue weighted by atomic mass is 9.74. The average molecular weight is 379 g/mol. The van der Waals surface area contributed by atoms with Gasteiger partial charge >= 0.3 is 0 Å². The Kier molecular flexibility index (Phi) is 5.36. The van der Waals surface area contributed by atoms with Crippen molar-refractivity contribution in [1.82, 2.24) is 0 Å². The second kappa shape index (κ2) is 7.58. The number of Topliss-reactive ketones (excluding diaryl/α,β-unsaturated/α-hetero) is 2. The van der Waals surface area contributed by atoms with Gasteiger partial charge in [0, 0.05) is 50.3 Å². The molecule has 1 N–H and O–H groups in total. The SMILES string of the molecule is CN(C)c1cc[n+](C(C(=O)c2ccccc2)C2=C(O)CC(C)(C)CC2=O)cc1. The van der Waals surface area contributed by atoms with Crippen LogP contribution in [0.3, 0.4) is 0 Å². The number of allylic oxidation sites excluding steroid dienone is 2. The number of nitrogens with zero attached hydrogens (tertiary/aromatic N) is 2. The van der Waals surface area contributed by atoms with Crippen LogP contribution in [0, 0.1) is 5.41 Å². The molecule has 1 aliphatic rings. The van der Waals surface area contributed by atoms with Crippen molar-refractivity contribution in [3.8, 4) is 0 Å². The lowest BCUT2D eigenvalue weighted by Gasteiger charge is -2.30. The Morgan fingerprint density at radius 1 is 1.07 bits per heavy atom. The molecule has 0 aliphatic heterocycles. The zero-order chi connectivity index (χ0) is 20.5. The molecule has 0 bridgehead atoms. The third kappa shape index (κ3) is 3.98. The van der Waals surface area contributed by atoms with Gasteiger partial charge in [-0.15, -0.1) is 0 Å². The highest BCUT2D eigenvalue weighted by Crippen LogP contribution is 2.39. The molecule has 146 valence electrons. The number of benzene rings is 1. The van der Waals surface area contributed by atoms with E-state index in [-0.39, 0.29) is 28.3 Å². The van der Waals surface area contributed by atoms with Crippen molar-refractivity contribution in [2.45, 2.75) is 32.7 Å². The summed E-state index contributed by atoms with van der Waals surface area (Å²) in [4.78, 5) is 28.3. The molecule has 1 aromatic heterocycles. The number of ketones is 2. The molecule has 0 radical (unpaired) electrons. The van der Waals surface area contributed by atoms with E-state index in [9.17, 15) is 14.7 Å². The molecule has 0 saturated heterocycles. The van der Waals surface area contributed by atoms with Gasteiger partial charge in [0.1, 0.15) is 11.3 Å². The summed E-state index contributed by atoms with van der Waals surface area (Å²) < 4.78 is 1.71. The van der Waals surface area contributed by atoms with E-state index in [0.29, 0.717) is 18.4 Å². The summed E-state index contributed by atoms with van der Waals surface area (Å²) in [6.07, 6.45) is 4.26. The number of hydrogen-bond donors (Lipinski definition) is 1. The highest BCUT2D eigenvalue weighted by Gasteiger charge is 2.43. The number of aliphatic hydroxyl groups excluding tert-OH is 1. The second-order valence-corrected chi connectivity index (χ2v) is 8.33. The number of aromatic nitrogens is 1. The summed E-state index contributed by atoms with van der Waals surface area (Å²) in [6, 6.07) is 11.8. The van der Waals surface area contributed by atoms with Crippen LogP contribution in [0.5, 0.6) is 0 Å². The first-order chi connectivity index (χ1) is 13.2. The molecule has 5 nitrogen and oxygen atoms in total. The topological polar surface area (TPSA) is 61.5 Å². The predicted octanol–water partition coefficient (Wildman–Crippen LogP) is 3.67. The molecule has 1 aromatic carbocycles. The Balaban J connectivity index is 2.12. The zero-order valence-corrected chi connectivity index (χ0v) is 16.8. The maximum absolute atomic E-state index is 13.4. The van der Waals surface area contributed by atoms with Crippen molar-refractivity contribution >= 4 is 17.3 Å². The fourth-order valence-corrected chi connectivity index (χ4v) is 3.69. The lowest BCUT2D eigenvalue weighted by Crippen LogP contribution is -2.48. The molecule has 0 saturated carbocycles. The summed E-state index contributed by atoms with van der Waals surface area (Å²) in [6.45, 7) is 3.90. The Morgan fingerprint density at radius 3 is 2.21 bits per heavy atom. The van der Waals surface area contributed by atoms with Gasteiger partial charge in [0.25, 0.3) is 6.04 Å². The number of aliphatic hydroxyl groups is 1. The van der Waals surface area contributed by atoms with Crippen LogP contribution >= 0.6 is 0 Å². The van der Waals surface area contributed by atoms with Crippen LogP contribution < -0.4 is 9.47 Å². The summed E-state index contributed by atoms with van der Waals surface area (Å²) >= 11 is 0. The van der Waals surface area contributed by atoms with Gasteiger partial charge in [0.05, 0.1) is 0 Å². The van der Waals surface area contributed by atoms with Gasteiger partial charge in [0.2, 0.25) is 5.78 Å². The molecule has 0 spiro atoms. The van der Waals surface area contributed by atoms with Gasteiger partial charge in [-0.2, -0.15) is 4.57 Å². The average Bonchev–Trinajstić information content (AvgIpc) is 2.64. The second-order valence-electron chi connectivity index (χ2n) is 8.33. The van der Waals surface area contributed by atoms with Crippen molar-refractivity contribution in [1.29, 1.82) is 0 Å². The molecule has 1 heterocycles. The quantitative estimate of drug-likeness (QED) is 0.636. The van der Waals surface area contributed by atoms with Gasteiger partial charge in [-0.25, -0.2) is 0 Å². The van der Waals surface area contributed by atoms with Crippen LogP contribution in [-0.4, -0.2) is 30.8 Å². The standard InChI is InChI=1S/C23H26N2O3/c1-23(2)14-18(26)20(19(27)15-23)21(22(28)16-8-6-5-7-9-16)25-12-10-17(11-13-25)24(3)4/h5-13,21H,14-15H2,1-4H3/p+1. The third-order valence-electron chi connectivity index (χ3n) is 5.13.